The molecule has 0 heterocycles. The van der Waals surface area contributed by atoms with E-state index < -0.39 is 13.6 Å². The average Bonchev–Trinajstić information content (AvgIpc) is 1.21. The van der Waals surface area contributed by atoms with Crippen LogP contribution in [0.1, 0.15) is 6.92 Å². The van der Waals surface area contributed by atoms with E-state index in [2.05, 4.69) is 4.52 Å². The Morgan fingerprint density at radius 1 is 1.75 bits per heavy atom. The SMILES string of the molecule is CC(=O)OP(C)(=O)O. The molecule has 0 radical (unpaired) electrons. The summed E-state index contributed by atoms with van der Waals surface area (Å²) < 4.78 is 14.0. The van der Waals surface area contributed by atoms with Crippen LogP contribution < -0.4 is 0 Å². The van der Waals surface area contributed by atoms with E-state index in [0.29, 0.717) is 0 Å². The molecule has 1 N–H and O–H groups in total. The minimum absolute atomic E-state index is 0.738. The summed E-state index contributed by atoms with van der Waals surface area (Å²) in [5, 5.41) is 0. The van der Waals surface area contributed by atoms with Crippen molar-refractivity contribution in [1.82, 2.24) is 0 Å². The first-order chi connectivity index (χ1) is 3.42. The lowest BCUT2D eigenvalue weighted by Crippen LogP contribution is -1.93. The van der Waals surface area contributed by atoms with E-state index in [-0.39, 0.29) is 0 Å². The van der Waals surface area contributed by atoms with Crippen molar-refractivity contribution < 1.29 is 18.8 Å². The highest BCUT2D eigenvalue weighted by molar-refractivity contribution is 7.52. The van der Waals surface area contributed by atoms with Gasteiger partial charge < -0.3 is 9.42 Å². The van der Waals surface area contributed by atoms with E-state index in [1.54, 1.807) is 0 Å². The molecule has 0 aliphatic carbocycles. The van der Waals surface area contributed by atoms with Gasteiger partial charge in [0.05, 0.1) is 0 Å². The highest BCUT2D eigenvalue weighted by Crippen LogP contribution is 2.36. The molecule has 0 saturated heterocycles. The summed E-state index contributed by atoms with van der Waals surface area (Å²) in [6.07, 6.45) is 0. The van der Waals surface area contributed by atoms with Gasteiger partial charge in [-0.25, -0.2) is 4.57 Å². The summed E-state index contributed by atoms with van der Waals surface area (Å²) in [6, 6.07) is 0. The molecule has 0 aliphatic heterocycles. The molecule has 0 aromatic carbocycles. The second kappa shape index (κ2) is 2.29. The maximum absolute atomic E-state index is 10.1. The molecule has 0 rings (SSSR count). The van der Waals surface area contributed by atoms with Crippen LogP contribution in [0.25, 0.3) is 0 Å². The summed E-state index contributed by atoms with van der Waals surface area (Å²) in [5.74, 6) is -0.738. The largest absolute Gasteiger partial charge is 0.392 e. The van der Waals surface area contributed by atoms with E-state index in [1.807, 2.05) is 0 Å². The molecule has 0 fully saturated rings. The molecular formula is C3H7O4P. The van der Waals surface area contributed by atoms with Crippen LogP contribution in [0.15, 0.2) is 0 Å². The van der Waals surface area contributed by atoms with Gasteiger partial charge >= 0.3 is 13.6 Å². The molecule has 8 heavy (non-hydrogen) atoms. The van der Waals surface area contributed by atoms with Gasteiger partial charge in [-0.15, -0.1) is 0 Å². The third-order valence-electron chi connectivity index (χ3n) is 0.298. The predicted molar refractivity (Wildman–Crippen MR) is 27.5 cm³/mol. The summed E-state index contributed by atoms with van der Waals surface area (Å²) in [7, 11) is -3.57. The maximum Gasteiger partial charge on any atom is 0.375 e. The smallest absolute Gasteiger partial charge is 0.375 e. The molecule has 0 amide bonds. The zero-order valence-corrected chi connectivity index (χ0v) is 5.51. The Hall–Kier alpha value is -0.340. The van der Waals surface area contributed by atoms with Crippen molar-refractivity contribution in [2.45, 2.75) is 6.92 Å². The Morgan fingerprint density at radius 2 is 2.12 bits per heavy atom. The van der Waals surface area contributed by atoms with Crippen molar-refractivity contribution in [2.75, 3.05) is 6.66 Å². The monoisotopic (exact) mass is 138 g/mol. The molecule has 0 aliphatic rings. The van der Waals surface area contributed by atoms with E-state index in [9.17, 15) is 9.36 Å². The number of carbonyl (C=O) groups excluding carboxylic acids is 1. The fourth-order valence-corrected chi connectivity index (χ4v) is 0.716. The normalized spacial score (nSPS) is 16.9. The van der Waals surface area contributed by atoms with Crippen molar-refractivity contribution in [1.29, 1.82) is 0 Å². The minimum Gasteiger partial charge on any atom is -0.392 e. The molecule has 0 spiro atoms. The molecule has 5 heteroatoms. The van der Waals surface area contributed by atoms with Crippen LogP contribution in [-0.2, 0) is 13.9 Å². The van der Waals surface area contributed by atoms with Gasteiger partial charge in [0.15, 0.2) is 0 Å². The van der Waals surface area contributed by atoms with Crippen molar-refractivity contribution in [3.05, 3.63) is 0 Å². The number of hydrogen-bond acceptors (Lipinski definition) is 3. The average molecular weight is 138 g/mol. The van der Waals surface area contributed by atoms with Crippen LogP contribution in [-0.4, -0.2) is 17.5 Å². The fraction of sp³-hybridized carbons (Fsp3) is 0.667. The highest BCUT2D eigenvalue weighted by atomic mass is 31.2. The summed E-state index contributed by atoms with van der Waals surface area (Å²) in [5.41, 5.74) is 0. The highest BCUT2D eigenvalue weighted by Gasteiger charge is 2.11. The Balaban J connectivity index is 3.74. The number of carbonyl (C=O) groups is 1. The predicted octanol–water partition coefficient (Wildman–Crippen LogP) is 0.365. The van der Waals surface area contributed by atoms with Gasteiger partial charge in [0.25, 0.3) is 0 Å². The molecule has 1 atom stereocenters. The zero-order chi connectivity index (χ0) is 6.78. The number of rotatable bonds is 1. The molecule has 48 valence electrons. The van der Waals surface area contributed by atoms with Crippen LogP contribution in [0.3, 0.4) is 0 Å². The first-order valence-corrected chi connectivity index (χ1v) is 3.95. The Labute approximate surface area is 47.0 Å². The Bertz CT molecular complexity index is 134. The molecule has 0 aromatic heterocycles. The summed E-state index contributed by atoms with van der Waals surface area (Å²) >= 11 is 0. The van der Waals surface area contributed by atoms with E-state index >= 15 is 0 Å². The van der Waals surface area contributed by atoms with Crippen molar-refractivity contribution in [3.8, 4) is 0 Å². The van der Waals surface area contributed by atoms with Crippen molar-refractivity contribution in [3.63, 3.8) is 0 Å². The van der Waals surface area contributed by atoms with Crippen molar-refractivity contribution >= 4 is 13.6 Å². The summed E-state index contributed by atoms with van der Waals surface area (Å²) in [4.78, 5) is 18.2. The molecule has 1 unspecified atom stereocenters. The summed E-state index contributed by atoms with van der Waals surface area (Å²) in [6.45, 7) is 2.03. The quantitative estimate of drug-likeness (QED) is 0.531. The third-order valence-corrected chi connectivity index (χ3v) is 0.894. The lowest BCUT2D eigenvalue weighted by molar-refractivity contribution is -0.132. The minimum atomic E-state index is -3.57. The van der Waals surface area contributed by atoms with Gasteiger partial charge in [-0.2, -0.15) is 0 Å². The lowest BCUT2D eigenvalue weighted by atomic mass is 10.9. The van der Waals surface area contributed by atoms with Crippen molar-refractivity contribution in [2.24, 2.45) is 0 Å². The van der Waals surface area contributed by atoms with Crippen LogP contribution in [0.2, 0.25) is 0 Å². The Morgan fingerprint density at radius 3 is 2.12 bits per heavy atom. The lowest BCUT2D eigenvalue weighted by Gasteiger charge is -2.01. The second-order valence-corrected chi connectivity index (χ2v) is 3.17. The topological polar surface area (TPSA) is 63.6 Å². The second-order valence-electron chi connectivity index (χ2n) is 1.39. The van der Waals surface area contributed by atoms with E-state index in [0.717, 1.165) is 13.6 Å². The van der Waals surface area contributed by atoms with Gasteiger partial charge in [-0.05, 0) is 0 Å². The standard InChI is InChI=1S/C3H7O4P/c1-3(4)7-8(2,5)6/h1-2H3,(H,5,6). The molecule has 0 bridgehead atoms. The maximum atomic E-state index is 10.1. The van der Waals surface area contributed by atoms with Crippen LogP contribution in [0, 0.1) is 0 Å². The van der Waals surface area contributed by atoms with Gasteiger partial charge in [0, 0.05) is 13.6 Å². The van der Waals surface area contributed by atoms with Crippen LogP contribution in [0.5, 0.6) is 0 Å². The van der Waals surface area contributed by atoms with E-state index in [4.69, 9.17) is 4.89 Å². The van der Waals surface area contributed by atoms with Gasteiger partial charge in [-0.1, -0.05) is 0 Å². The van der Waals surface area contributed by atoms with Gasteiger partial charge in [-0.3, -0.25) is 4.79 Å². The third kappa shape index (κ3) is 5.66. The van der Waals surface area contributed by atoms with Gasteiger partial charge in [0.2, 0.25) is 0 Å². The van der Waals surface area contributed by atoms with E-state index in [1.165, 1.54) is 0 Å². The first-order valence-electron chi connectivity index (χ1n) is 1.92. The Kier molecular flexibility index (Phi) is 2.19. The van der Waals surface area contributed by atoms with Crippen LogP contribution in [0.4, 0.5) is 0 Å². The molecule has 0 saturated carbocycles. The first kappa shape index (κ1) is 7.66. The zero-order valence-electron chi connectivity index (χ0n) is 4.62. The fourth-order valence-electron chi connectivity index (χ4n) is 0.239. The molecule has 0 aromatic rings. The molecule has 4 nitrogen and oxygen atoms in total. The molecular weight excluding hydrogens is 131 g/mol. The van der Waals surface area contributed by atoms with Crippen LogP contribution >= 0.6 is 7.60 Å². The number of hydrogen-bond donors (Lipinski definition) is 1. The van der Waals surface area contributed by atoms with Gasteiger partial charge in [0.1, 0.15) is 0 Å².